The fraction of sp³-hybridized carbons (Fsp3) is 0.200. The molecule has 2 aromatic heterocycles. The van der Waals surface area contributed by atoms with Gasteiger partial charge in [-0.2, -0.15) is 13.2 Å². The monoisotopic (exact) mass is 420 g/mol. The van der Waals surface area contributed by atoms with E-state index in [2.05, 4.69) is 14.7 Å². The summed E-state index contributed by atoms with van der Waals surface area (Å²) in [6, 6.07) is 9.75. The van der Waals surface area contributed by atoms with Gasteiger partial charge in [0.15, 0.2) is 5.69 Å². The first kappa shape index (κ1) is 20.8. The number of hydrogen-bond donors (Lipinski definition) is 1. The van der Waals surface area contributed by atoms with E-state index in [9.17, 15) is 17.4 Å². The summed E-state index contributed by atoms with van der Waals surface area (Å²) >= 11 is 0. The molecule has 0 radical (unpaired) electrons. The molecule has 0 aliphatic rings. The highest BCUT2D eigenvalue weighted by atomic mass is 32.2. The molecule has 3 rings (SSSR count). The number of allylic oxidation sites excluding steroid dienone is 2. The van der Waals surface area contributed by atoms with Gasteiger partial charge in [-0.05, 0) is 57.2 Å². The molecule has 0 aliphatic carbocycles. The van der Waals surface area contributed by atoms with Crippen molar-refractivity contribution in [3.63, 3.8) is 0 Å². The second-order valence-corrected chi connectivity index (χ2v) is 7.50. The van der Waals surface area contributed by atoms with Crippen molar-refractivity contribution in [2.45, 2.75) is 31.8 Å². The summed E-state index contributed by atoms with van der Waals surface area (Å²) in [5.74, 6) is 0.139. The van der Waals surface area contributed by atoms with Crippen molar-refractivity contribution in [2.75, 3.05) is 0 Å². The van der Waals surface area contributed by atoms with Crippen LogP contribution in [-0.4, -0.2) is 18.7 Å². The quantitative estimate of drug-likeness (QED) is 0.645. The van der Waals surface area contributed by atoms with Gasteiger partial charge in [0.1, 0.15) is 16.8 Å². The van der Waals surface area contributed by atoms with Crippen LogP contribution in [0.15, 0.2) is 65.5 Å². The Bertz CT molecular complexity index is 1070. The van der Waals surface area contributed by atoms with Crippen LogP contribution in [0.2, 0.25) is 0 Å². The number of pyridine rings is 1. The second kappa shape index (κ2) is 8.20. The van der Waals surface area contributed by atoms with Gasteiger partial charge in [0.2, 0.25) is 0 Å². The van der Waals surface area contributed by atoms with Gasteiger partial charge in [-0.3, -0.25) is 9.55 Å². The molecular weight excluding hydrogens is 401 g/mol. The molecule has 5 nitrogen and oxygen atoms in total. The molecule has 1 N–H and O–H groups in total. The molecule has 9 heteroatoms. The first-order valence-corrected chi connectivity index (χ1v) is 9.86. The molecule has 0 fully saturated rings. The van der Waals surface area contributed by atoms with Crippen LogP contribution >= 0.6 is 0 Å². The smallest absolute Gasteiger partial charge is 0.306 e. The van der Waals surface area contributed by atoms with Crippen LogP contribution in [0.4, 0.5) is 13.2 Å². The molecule has 1 atom stereocenters. The van der Waals surface area contributed by atoms with Gasteiger partial charge in [0, 0.05) is 35.0 Å². The van der Waals surface area contributed by atoms with Gasteiger partial charge >= 0.3 is 6.18 Å². The third kappa shape index (κ3) is 4.56. The van der Waals surface area contributed by atoms with Crippen LogP contribution < -0.4 is 4.72 Å². The summed E-state index contributed by atoms with van der Waals surface area (Å²) in [6.45, 7) is 5.32. The average molecular weight is 420 g/mol. The number of aromatic nitrogens is 3. The molecule has 1 aromatic carbocycles. The van der Waals surface area contributed by atoms with Gasteiger partial charge in [0.25, 0.3) is 0 Å². The number of rotatable bonds is 5. The maximum atomic E-state index is 13.3. The van der Waals surface area contributed by atoms with Crippen LogP contribution in [0.3, 0.4) is 0 Å². The summed E-state index contributed by atoms with van der Waals surface area (Å²) in [5, 5.41) is 0. The molecule has 2 heterocycles. The minimum absolute atomic E-state index is 0.139. The summed E-state index contributed by atoms with van der Waals surface area (Å²) in [7, 11) is -1.47. The number of aryl methyl sites for hydroxylation is 1. The number of nitrogens with one attached hydrogen (secondary N) is 1. The maximum Gasteiger partial charge on any atom is 0.434 e. The van der Waals surface area contributed by atoms with Gasteiger partial charge < -0.3 is 4.72 Å². The van der Waals surface area contributed by atoms with E-state index >= 15 is 0 Å². The molecule has 0 saturated carbocycles. The first-order chi connectivity index (χ1) is 13.7. The Morgan fingerprint density at radius 1 is 1.21 bits per heavy atom. The highest BCUT2D eigenvalue weighted by molar-refractivity contribution is 7.83. The molecule has 29 heavy (non-hydrogen) atoms. The zero-order valence-electron chi connectivity index (χ0n) is 16.0. The minimum atomic E-state index is -4.58. The van der Waals surface area contributed by atoms with Crippen molar-refractivity contribution in [2.24, 2.45) is 0 Å². The van der Waals surface area contributed by atoms with Crippen molar-refractivity contribution < 1.29 is 17.4 Å². The number of alkyl halides is 3. The standard InChI is InChI=1S/C20H19F3N4OS/c1-4-13(2)26-29(28)16-9-7-15(8-10-16)27-12-18(20(21,22)23)25-19(27)17-6-5-11-24-14(17)3/h4-12,26H,1-3H3/b13-4+. The Balaban J connectivity index is 2.05. The predicted molar refractivity (Wildman–Crippen MR) is 106 cm³/mol. The number of nitrogens with zero attached hydrogens (tertiary/aromatic N) is 3. The molecule has 0 amide bonds. The third-order valence-electron chi connectivity index (χ3n) is 4.26. The first-order valence-electron chi connectivity index (χ1n) is 8.71. The minimum Gasteiger partial charge on any atom is -0.306 e. The highest BCUT2D eigenvalue weighted by Gasteiger charge is 2.35. The predicted octanol–water partition coefficient (Wildman–Crippen LogP) is 4.80. The summed E-state index contributed by atoms with van der Waals surface area (Å²) in [6.07, 6.45) is -0.263. The zero-order valence-corrected chi connectivity index (χ0v) is 16.8. The number of benzene rings is 1. The third-order valence-corrected chi connectivity index (χ3v) is 5.47. The van der Waals surface area contributed by atoms with Crippen molar-refractivity contribution in [1.82, 2.24) is 19.3 Å². The van der Waals surface area contributed by atoms with Crippen LogP contribution in [0, 0.1) is 6.92 Å². The van der Waals surface area contributed by atoms with E-state index in [0.29, 0.717) is 21.8 Å². The fourth-order valence-corrected chi connectivity index (χ4v) is 3.53. The van der Waals surface area contributed by atoms with Crippen molar-refractivity contribution in [3.8, 4) is 17.1 Å². The Morgan fingerprint density at radius 3 is 2.48 bits per heavy atom. The van der Waals surface area contributed by atoms with Crippen LogP contribution in [0.5, 0.6) is 0 Å². The van der Waals surface area contributed by atoms with Crippen molar-refractivity contribution in [1.29, 1.82) is 0 Å². The summed E-state index contributed by atoms with van der Waals surface area (Å²) in [4.78, 5) is 8.47. The molecule has 0 bridgehead atoms. The molecular formula is C20H19F3N4OS. The summed E-state index contributed by atoms with van der Waals surface area (Å²) < 4.78 is 56.4. The highest BCUT2D eigenvalue weighted by Crippen LogP contribution is 2.33. The second-order valence-electron chi connectivity index (χ2n) is 6.29. The Hall–Kier alpha value is -2.94. The van der Waals surface area contributed by atoms with Crippen LogP contribution in [-0.2, 0) is 17.2 Å². The fourth-order valence-electron chi connectivity index (χ4n) is 2.62. The van der Waals surface area contributed by atoms with E-state index < -0.39 is 22.9 Å². The van der Waals surface area contributed by atoms with E-state index in [1.165, 1.54) is 4.57 Å². The zero-order chi connectivity index (χ0) is 21.2. The number of halogens is 3. The Kier molecular flexibility index (Phi) is 5.88. The Labute approximate surface area is 168 Å². The lowest BCUT2D eigenvalue weighted by molar-refractivity contribution is -0.140. The molecule has 0 aliphatic heterocycles. The molecule has 3 aromatic rings. The van der Waals surface area contributed by atoms with Crippen LogP contribution in [0.1, 0.15) is 25.2 Å². The largest absolute Gasteiger partial charge is 0.434 e. The lowest BCUT2D eigenvalue weighted by Crippen LogP contribution is -2.14. The van der Waals surface area contributed by atoms with Crippen molar-refractivity contribution >= 4 is 11.0 Å². The normalized spacial score (nSPS) is 13.4. The lowest BCUT2D eigenvalue weighted by Gasteiger charge is -2.11. The van der Waals surface area contributed by atoms with Gasteiger partial charge in [-0.1, -0.05) is 6.08 Å². The molecule has 1 unspecified atom stereocenters. The average Bonchev–Trinajstić information content (AvgIpc) is 3.14. The lowest BCUT2D eigenvalue weighted by atomic mass is 10.2. The van der Waals surface area contributed by atoms with E-state index in [-0.39, 0.29) is 5.82 Å². The van der Waals surface area contributed by atoms with E-state index in [1.54, 1.807) is 62.5 Å². The van der Waals surface area contributed by atoms with Gasteiger partial charge in [-0.15, -0.1) is 0 Å². The van der Waals surface area contributed by atoms with E-state index in [4.69, 9.17) is 0 Å². The molecule has 152 valence electrons. The van der Waals surface area contributed by atoms with Gasteiger partial charge in [-0.25, -0.2) is 9.19 Å². The topological polar surface area (TPSA) is 59.8 Å². The van der Waals surface area contributed by atoms with Crippen LogP contribution in [0.25, 0.3) is 17.1 Å². The molecule has 0 saturated heterocycles. The van der Waals surface area contributed by atoms with Gasteiger partial charge in [0.05, 0.1) is 4.90 Å². The van der Waals surface area contributed by atoms with E-state index in [1.807, 2.05) is 6.92 Å². The SMILES string of the molecule is C/C=C(\C)NS(=O)c1ccc(-n2cc(C(F)(F)F)nc2-c2cccnc2C)cc1. The number of imidazole rings is 1. The Morgan fingerprint density at radius 2 is 1.90 bits per heavy atom. The number of hydrogen-bond acceptors (Lipinski definition) is 3. The summed E-state index contributed by atoms with van der Waals surface area (Å²) in [5.41, 5.74) is 1.30. The maximum absolute atomic E-state index is 13.3. The molecule has 0 spiro atoms. The van der Waals surface area contributed by atoms with E-state index in [0.717, 1.165) is 11.9 Å². The van der Waals surface area contributed by atoms with Crippen molar-refractivity contribution in [3.05, 3.63) is 72.0 Å².